The molecule has 10 heteroatoms. The van der Waals surface area contributed by atoms with Crippen LogP contribution in [0.4, 0.5) is 10.5 Å². The summed E-state index contributed by atoms with van der Waals surface area (Å²) in [6.45, 7) is 10.9. The van der Waals surface area contributed by atoms with Crippen molar-refractivity contribution in [3.63, 3.8) is 0 Å². The van der Waals surface area contributed by atoms with Crippen LogP contribution in [0.3, 0.4) is 0 Å². The third-order valence-electron chi connectivity index (χ3n) is 4.61. The number of nitrogens with one attached hydrogen (secondary N) is 1. The van der Waals surface area contributed by atoms with E-state index in [0.29, 0.717) is 16.7 Å². The fraction of sp³-hybridized carbons (Fsp3) is 0.440. The molecule has 0 heterocycles. The lowest BCUT2D eigenvalue weighted by Crippen LogP contribution is -2.37. The number of esters is 1. The summed E-state index contributed by atoms with van der Waals surface area (Å²) in [7, 11) is 1.29. The third-order valence-corrected chi connectivity index (χ3v) is 4.61. The lowest BCUT2D eigenvalue weighted by Gasteiger charge is -2.28. The number of benzene rings is 2. The number of hydrogen-bond donors (Lipinski definition) is 1. The summed E-state index contributed by atoms with van der Waals surface area (Å²) >= 11 is 0. The van der Waals surface area contributed by atoms with Crippen LogP contribution in [0.1, 0.15) is 75.1 Å². The molecule has 0 saturated carbocycles. The van der Waals surface area contributed by atoms with Gasteiger partial charge >= 0.3 is 12.1 Å². The van der Waals surface area contributed by atoms with Crippen LogP contribution in [-0.4, -0.2) is 35.2 Å². The zero-order valence-electron chi connectivity index (χ0n) is 21.1. The van der Waals surface area contributed by atoms with Crippen molar-refractivity contribution in [2.45, 2.75) is 64.8 Å². The number of azo groups is 1. The van der Waals surface area contributed by atoms with Crippen molar-refractivity contribution in [2.75, 3.05) is 7.11 Å². The van der Waals surface area contributed by atoms with Gasteiger partial charge < -0.3 is 14.8 Å². The Hall–Kier alpha value is -3.82. The number of nitro groups is 1. The zero-order valence-corrected chi connectivity index (χ0v) is 21.1. The van der Waals surface area contributed by atoms with Gasteiger partial charge in [0.05, 0.1) is 29.2 Å². The highest BCUT2D eigenvalue weighted by Crippen LogP contribution is 2.35. The molecular weight excluding hydrogens is 452 g/mol. The number of nitrogens with zero attached hydrogens (tertiary/aromatic N) is 3. The minimum atomic E-state index is -0.760. The van der Waals surface area contributed by atoms with Gasteiger partial charge in [-0.15, -0.1) is 0 Å². The first-order valence-electron chi connectivity index (χ1n) is 11.0. The maximum Gasteiger partial charge on any atom is 0.408 e. The molecule has 0 aliphatic rings. The maximum atomic E-state index is 12.8. The van der Waals surface area contributed by atoms with E-state index in [1.165, 1.54) is 19.2 Å². The first-order valence-corrected chi connectivity index (χ1v) is 11.0. The van der Waals surface area contributed by atoms with Gasteiger partial charge in [-0.1, -0.05) is 12.1 Å². The van der Waals surface area contributed by atoms with Gasteiger partial charge in [-0.3, -0.25) is 10.1 Å². The summed E-state index contributed by atoms with van der Waals surface area (Å²) in [5, 5.41) is 22.9. The molecule has 0 fully saturated rings. The zero-order chi connectivity index (χ0) is 26.4. The molecule has 0 saturated heterocycles. The highest BCUT2D eigenvalue weighted by atomic mass is 16.6. The second-order valence-corrected chi connectivity index (χ2v) is 9.92. The van der Waals surface area contributed by atoms with Gasteiger partial charge in [0.25, 0.3) is 5.69 Å². The molecule has 2 aromatic carbocycles. The number of carbonyl (C=O) groups excluding carboxylic acids is 2. The molecule has 35 heavy (non-hydrogen) atoms. The standard InChI is InChI=1S/C25H32N4O6/c1-24(2,3)28-27-21(17-12-14-19(15-13-17)29(32)33)20(26-23(31)35-25(4,5)6)16-8-10-18(11-9-16)22(30)34-7/h8-15,20-21H,1-7H3,(H,26,31)/t20-,21+/m1/s1. The number of methoxy groups -OCH3 is 1. The molecule has 0 unspecified atom stereocenters. The van der Waals surface area contributed by atoms with Crippen LogP contribution in [0.25, 0.3) is 0 Å². The molecule has 2 rings (SSSR count). The Labute approximate surface area is 204 Å². The molecule has 0 radical (unpaired) electrons. The molecule has 1 N–H and O–H groups in total. The van der Waals surface area contributed by atoms with Crippen molar-refractivity contribution in [3.05, 3.63) is 75.3 Å². The second kappa shape index (κ2) is 11.1. The minimum Gasteiger partial charge on any atom is -0.465 e. The van der Waals surface area contributed by atoms with Crippen molar-refractivity contribution in [3.8, 4) is 0 Å². The molecular formula is C25H32N4O6. The van der Waals surface area contributed by atoms with Gasteiger partial charge in [-0.2, -0.15) is 10.2 Å². The number of amides is 1. The molecule has 10 nitrogen and oxygen atoms in total. The van der Waals surface area contributed by atoms with E-state index in [4.69, 9.17) is 9.47 Å². The number of non-ortho nitro benzene ring substituents is 1. The van der Waals surface area contributed by atoms with E-state index in [1.54, 1.807) is 57.2 Å². The predicted molar refractivity (Wildman–Crippen MR) is 130 cm³/mol. The lowest BCUT2D eigenvalue weighted by molar-refractivity contribution is -0.384. The van der Waals surface area contributed by atoms with Gasteiger partial charge in [0.15, 0.2) is 0 Å². The van der Waals surface area contributed by atoms with Gasteiger partial charge in [0.2, 0.25) is 0 Å². The predicted octanol–water partition coefficient (Wildman–Crippen LogP) is 5.94. The normalized spacial score (nSPS) is 13.7. The first kappa shape index (κ1) is 27.4. The Morgan fingerprint density at radius 3 is 1.94 bits per heavy atom. The fourth-order valence-corrected chi connectivity index (χ4v) is 3.08. The van der Waals surface area contributed by atoms with Crippen molar-refractivity contribution in [1.29, 1.82) is 0 Å². The fourth-order valence-electron chi connectivity index (χ4n) is 3.08. The smallest absolute Gasteiger partial charge is 0.408 e. The maximum absolute atomic E-state index is 12.8. The Morgan fingerprint density at radius 2 is 1.49 bits per heavy atom. The molecule has 0 aliphatic heterocycles. The van der Waals surface area contributed by atoms with Gasteiger partial charge in [-0.05, 0) is 76.9 Å². The number of ether oxygens (including phenoxy) is 2. The highest BCUT2D eigenvalue weighted by Gasteiger charge is 2.30. The topological polar surface area (TPSA) is 132 Å². The van der Waals surface area contributed by atoms with Crippen LogP contribution in [0.15, 0.2) is 58.8 Å². The van der Waals surface area contributed by atoms with Crippen molar-refractivity contribution >= 4 is 17.7 Å². The first-order chi connectivity index (χ1) is 16.2. The summed E-state index contributed by atoms with van der Waals surface area (Å²) in [6.07, 6.45) is -0.669. The molecule has 2 atom stereocenters. The van der Waals surface area contributed by atoms with Crippen molar-refractivity contribution < 1.29 is 24.0 Å². The average Bonchev–Trinajstić information content (AvgIpc) is 2.76. The Bertz CT molecular complexity index is 1070. The van der Waals surface area contributed by atoms with E-state index in [1.807, 2.05) is 20.8 Å². The monoisotopic (exact) mass is 484 g/mol. The summed E-state index contributed by atoms with van der Waals surface area (Å²) in [6, 6.07) is 10.9. The average molecular weight is 485 g/mol. The Morgan fingerprint density at radius 1 is 0.943 bits per heavy atom. The molecule has 0 aromatic heterocycles. The number of hydrogen-bond acceptors (Lipinski definition) is 8. The molecule has 0 aliphatic carbocycles. The number of rotatable bonds is 7. The van der Waals surface area contributed by atoms with Crippen LogP contribution in [0, 0.1) is 10.1 Å². The van der Waals surface area contributed by atoms with E-state index >= 15 is 0 Å². The lowest BCUT2D eigenvalue weighted by atomic mass is 9.93. The molecule has 0 spiro atoms. The largest absolute Gasteiger partial charge is 0.465 e. The van der Waals surface area contributed by atoms with Gasteiger partial charge in [0, 0.05) is 12.1 Å². The summed E-state index contributed by atoms with van der Waals surface area (Å²) in [5.41, 5.74) is 0.250. The summed E-state index contributed by atoms with van der Waals surface area (Å²) in [4.78, 5) is 35.3. The summed E-state index contributed by atoms with van der Waals surface area (Å²) in [5.74, 6) is -0.493. The van der Waals surface area contributed by atoms with Crippen molar-refractivity contribution in [2.24, 2.45) is 10.2 Å². The molecule has 1 amide bonds. The van der Waals surface area contributed by atoms with Crippen LogP contribution < -0.4 is 5.32 Å². The van der Waals surface area contributed by atoms with Crippen LogP contribution in [0.2, 0.25) is 0 Å². The van der Waals surface area contributed by atoms with Crippen LogP contribution in [-0.2, 0) is 9.47 Å². The molecule has 0 bridgehead atoms. The number of carbonyl (C=O) groups is 2. The van der Waals surface area contributed by atoms with Gasteiger partial charge in [-0.25, -0.2) is 9.59 Å². The highest BCUT2D eigenvalue weighted by molar-refractivity contribution is 5.89. The molecule has 2 aromatic rings. The Kier molecular flexibility index (Phi) is 8.67. The number of alkyl carbamates (subject to hydrolysis) is 1. The quantitative estimate of drug-likeness (QED) is 0.224. The minimum absolute atomic E-state index is 0.0701. The van der Waals surface area contributed by atoms with E-state index in [2.05, 4.69) is 15.5 Å². The van der Waals surface area contributed by atoms with E-state index in [9.17, 15) is 19.7 Å². The summed E-state index contributed by atoms with van der Waals surface area (Å²) < 4.78 is 10.2. The Balaban J connectivity index is 2.60. The SMILES string of the molecule is COC(=O)c1ccc([C@@H](NC(=O)OC(C)(C)C)[C@@H](N=NC(C)(C)C)c2ccc([N+](=O)[O-])cc2)cc1. The van der Waals surface area contributed by atoms with E-state index < -0.39 is 40.2 Å². The van der Waals surface area contributed by atoms with Crippen LogP contribution in [0.5, 0.6) is 0 Å². The molecule has 188 valence electrons. The van der Waals surface area contributed by atoms with Crippen LogP contribution >= 0.6 is 0 Å². The second-order valence-electron chi connectivity index (χ2n) is 9.92. The third kappa shape index (κ3) is 8.47. The number of nitro benzene ring substituents is 1. The van der Waals surface area contributed by atoms with E-state index in [0.717, 1.165) is 0 Å². The van der Waals surface area contributed by atoms with E-state index in [-0.39, 0.29) is 5.69 Å². The van der Waals surface area contributed by atoms with Gasteiger partial charge in [0.1, 0.15) is 11.6 Å². The van der Waals surface area contributed by atoms with Crippen molar-refractivity contribution in [1.82, 2.24) is 5.32 Å².